The highest BCUT2D eigenvalue weighted by Crippen LogP contribution is 2.11. The van der Waals surface area contributed by atoms with Crippen molar-refractivity contribution >= 4 is 5.91 Å². The number of halogens is 1. The van der Waals surface area contributed by atoms with Crippen LogP contribution in [0.5, 0.6) is 5.88 Å². The van der Waals surface area contributed by atoms with Gasteiger partial charge in [0.25, 0.3) is 11.8 Å². The van der Waals surface area contributed by atoms with Crippen molar-refractivity contribution < 1.29 is 18.4 Å². The predicted octanol–water partition coefficient (Wildman–Crippen LogP) is 1.75. The van der Waals surface area contributed by atoms with Crippen molar-refractivity contribution in [3.63, 3.8) is 0 Å². The van der Waals surface area contributed by atoms with Gasteiger partial charge in [-0.2, -0.15) is 0 Å². The third-order valence-corrected chi connectivity index (χ3v) is 2.32. The number of aromatic nitrogens is 1. The molecule has 1 aromatic carbocycles. The van der Waals surface area contributed by atoms with Crippen molar-refractivity contribution in [2.75, 3.05) is 7.11 Å². The van der Waals surface area contributed by atoms with E-state index < -0.39 is 5.91 Å². The highest BCUT2D eigenvalue weighted by molar-refractivity contribution is 5.91. The van der Waals surface area contributed by atoms with Crippen molar-refractivity contribution in [1.82, 2.24) is 10.5 Å². The van der Waals surface area contributed by atoms with Gasteiger partial charge in [-0.15, -0.1) is 0 Å². The van der Waals surface area contributed by atoms with E-state index in [2.05, 4.69) is 10.5 Å². The standard InChI is InChI=1S/C12H11FN2O3/c1-17-11-6-10(18-15-11)12(16)14-7-8-4-2-3-5-9(8)13/h2-6H,7H2,1H3,(H,14,16). The van der Waals surface area contributed by atoms with E-state index in [1.165, 1.54) is 19.2 Å². The van der Waals surface area contributed by atoms with E-state index in [1.807, 2.05) is 0 Å². The lowest BCUT2D eigenvalue weighted by molar-refractivity contribution is 0.0913. The summed E-state index contributed by atoms with van der Waals surface area (Å²) >= 11 is 0. The first-order valence-corrected chi connectivity index (χ1v) is 5.23. The maximum absolute atomic E-state index is 13.3. The number of carbonyl (C=O) groups is 1. The molecule has 18 heavy (non-hydrogen) atoms. The van der Waals surface area contributed by atoms with Gasteiger partial charge in [-0.3, -0.25) is 4.79 Å². The summed E-state index contributed by atoms with van der Waals surface area (Å²) in [6, 6.07) is 7.57. The molecule has 5 nitrogen and oxygen atoms in total. The Morgan fingerprint density at radius 1 is 1.50 bits per heavy atom. The Balaban J connectivity index is 1.98. The lowest BCUT2D eigenvalue weighted by Gasteiger charge is -2.03. The minimum absolute atomic E-state index is 0.0168. The fourth-order valence-corrected chi connectivity index (χ4v) is 1.37. The molecule has 2 rings (SSSR count). The van der Waals surface area contributed by atoms with Crippen LogP contribution in [0.1, 0.15) is 16.1 Å². The molecule has 0 radical (unpaired) electrons. The molecule has 0 fully saturated rings. The molecule has 0 aliphatic carbocycles. The largest absolute Gasteiger partial charge is 0.479 e. The van der Waals surface area contributed by atoms with Gasteiger partial charge in [0, 0.05) is 12.1 Å². The van der Waals surface area contributed by atoms with Crippen LogP contribution in [-0.2, 0) is 6.54 Å². The minimum atomic E-state index is -0.478. The number of hydrogen-bond donors (Lipinski definition) is 1. The smallest absolute Gasteiger partial charge is 0.290 e. The quantitative estimate of drug-likeness (QED) is 0.897. The molecule has 1 N–H and O–H groups in total. The van der Waals surface area contributed by atoms with E-state index >= 15 is 0 Å². The van der Waals surface area contributed by atoms with Crippen LogP contribution in [0.15, 0.2) is 34.9 Å². The minimum Gasteiger partial charge on any atom is -0.479 e. The van der Waals surface area contributed by atoms with E-state index in [9.17, 15) is 9.18 Å². The second-order valence-electron chi connectivity index (χ2n) is 3.51. The van der Waals surface area contributed by atoms with Crippen LogP contribution >= 0.6 is 0 Å². The Hall–Kier alpha value is -2.37. The summed E-state index contributed by atoms with van der Waals surface area (Å²) in [4.78, 5) is 11.6. The average molecular weight is 250 g/mol. The zero-order valence-electron chi connectivity index (χ0n) is 9.64. The molecule has 2 aromatic rings. The van der Waals surface area contributed by atoms with Gasteiger partial charge in [0.15, 0.2) is 0 Å². The monoisotopic (exact) mass is 250 g/mol. The van der Waals surface area contributed by atoms with E-state index in [1.54, 1.807) is 18.2 Å². The highest BCUT2D eigenvalue weighted by Gasteiger charge is 2.13. The Morgan fingerprint density at radius 3 is 2.94 bits per heavy atom. The maximum Gasteiger partial charge on any atom is 0.290 e. The SMILES string of the molecule is COc1cc(C(=O)NCc2ccccc2F)on1. The normalized spacial score (nSPS) is 10.1. The zero-order valence-corrected chi connectivity index (χ0v) is 9.64. The van der Waals surface area contributed by atoms with Crippen LogP contribution in [-0.4, -0.2) is 18.2 Å². The van der Waals surface area contributed by atoms with Gasteiger partial charge in [-0.25, -0.2) is 4.39 Å². The Morgan fingerprint density at radius 2 is 2.28 bits per heavy atom. The van der Waals surface area contributed by atoms with Gasteiger partial charge in [-0.05, 0) is 11.2 Å². The molecular weight excluding hydrogens is 239 g/mol. The van der Waals surface area contributed by atoms with E-state index in [4.69, 9.17) is 9.26 Å². The summed E-state index contributed by atoms with van der Waals surface area (Å²) in [6.45, 7) is 0.0779. The molecule has 0 bridgehead atoms. The topological polar surface area (TPSA) is 64.4 Å². The molecule has 1 heterocycles. The van der Waals surface area contributed by atoms with Gasteiger partial charge in [-0.1, -0.05) is 18.2 Å². The summed E-state index contributed by atoms with van der Waals surface area (Å²) < 4.78 is 22.8. The third kappa shape index (κ3) is 2.65. The summed E-state index contributed by atoms with van der Waals surface area (Å²) in [5.74, 6) is -0.615. The van der Waals surface area contributed by atoms with Gasteiger partial charge in [0.05, 0.1) is 13.2 Å². The van der Waals surface area contributed by atoms with Gasteiger partial charge in [0.1, 0.15) is 5.82 Å². The zero-order chi connectivity index (χ0) is 13.0. The lowest BCUT2D eigenvalue weighted by Crippen LogP contribution is -2.22. The number of rotatable bonds is 4. The van der Waals surface area contributed by atoms with Crippen molar-refractivity contribution in [2.24, 2.45) is 0 Å². The number of nitrogens with one attached hydrogen (secondary N) is 1. The first kappa shape index (κ1) is 12.1. The maximum atomic E-state index is 13.3. The van der Waals surface area contributed by atoms with Crippen LogP contribution in [0.4, 0.5) is 4.39 Å². The lowest BCUT2D eigenvalue weighted by atomic mass is 10.2. The average Bonchev–Trinajstić information content (AvgIpc) is 2.86. The van der Waals surface area contributed by atoms with Crippen molar-refractivity contribution in [1.29, 1.82) is 0 Å². The molecule has 0 spiro atoms. The molecule has 0 aliphatic rings. The summed E-state index contributed by atoms with van der Waals surface area (Å²) in [6.07, 6.45) is 0. The molecule has 0 atom stereocenters. The first-order valence-electron chi connectivity index (χ1n) is 5.23. The van der Waals surface area contributed by atoms with Crippen LogP contribution < -0.4 is 10.1 Å². The number of nitrogens with zero attached hydrogens (tertiary/aromatic N) is 1. The van der Waals surface area contributed by atoms with Gasteiger partial charge < -0.3 is 14.6 Å². The fourth-order valence-electron chi connectivity index (χ4n) is 1.37. The van der Waals surface area contributed by atoms with Crippen LogP contribution in [0.2, 0.25) is 0 Å². The molecule has 0 unspecified atom stereocenters. The molecule has 0 saturated carbocycles. The Bertz CT molecular complexity index is 554. The molecular formula is C12H11FN2O3. The molecule has 6 heteroatoms. The summed E-state index contributed by atoms with van der Waals surface area (Å²) in [7, 11) is 1.42. The molecule has 94 valence electrons. The van der Waals surface area contributed by atoms with Crippen molar-refractivity contribution in [3.05, 3.63) is 47.5 Å². The summed E-state index contributed by atoms with van der Waals surface area (Å²) in [5.41, 5.74) is 0.400. The van der Waals surface area contributed by atoms with Gasteiger partial charge in [0.2, 0.25) is 5.76 Å². The Kier molecular flexibility index (Phi) is 3.57. The highest BCUT2D eigenvalue weighted by atomic mass is 19.1. The summed E-state index contributed by atoms with van der Waals surface area (Å²) in [5, 5.41) is 6.02. The number of hydrogen-bond acceptors (Lipinski definition) is 4. The van der Waals surface area contributed by atoms with Crippen LogP contribution in [0.3, 0.4) is 0 Å². The van der Waals surface area contributed by atoms with Crippen molar-refractivity contribution in [3.8, 4) is 5.88 Å². The number of benzene rings is 1. The molecule has 0 aliphatic heterocycles. The first-order chi connectivity index (χ1) is 8.70. The molecule has 1 amide bonds. The number of amides is 1. The number of carbonyl (C=O) groups excluding carboxylic acids is 1. The fraction of sp³-hybridized carbons (Fsp3) is 0.167. The van der Waals surface area contributed by atoms with Crippen LogP contribution in [0, 0.1) is 5.82 Å². The number of ether oxygens (including phenoxy) is 1. The molecule has 0 saturated heterocycles. The van der Waals surface area contributed by atoms with Gasteiger partial charge >= 0.3 is 0 Å². The van der Waals surface area contributed by atoms with Crippen LogP contribution in [0.25, 0.3) is 0 Å². The Labute approximate surface area is 103 Å². The van der Waals surface area contributed by atoms with E-state index in [-0.39, 0.29) is 24.0 Å². The van der Waals surface area contributed by atoms with E-state index in [0.29, 0.717) is 5.56 Å². The van der Waals surface area contributed by atoms with Crippen molar-refractivity contribution in [2.45, 2.75) is 6.54 Å². The number of methoxy groups -OCH3 is 1. The second kappa shape index (κ2) is 5.31. The third-order valence-electron chi connectivity index (χ3n) is 2.32. The second-order valence-corrected chi connectivity index (χ2v) is 3.51. The van der Waals surface area contributed by atoms with E-state index in [0.717, 1.165) is 0 Å². The molecule has 1 aromatic heterocycles. The predicted molar refractivity (Wildman–Crippen MR) is 60.6 cm³/mol.